The molecule has 0 saturated heterocycles. The van der Waals surface area contributed by atoms with Crippen LogP contribution in [0.4, 0.5) is 0 Å². The zero-order valence-electron chi connectivity index (χ0n) is 11.5. The SMILES string of the molecule is NCCCC(Cc1ccccc1)Cc1ccccc1. The van der Waals surface area contributed by atoms with Crippen LogP contribution >= 0.6 is 0 Å². The Labute approximate surface area is 116 Å². The standard InChI is InChI=1S/C18H23N/c19-13-7-12-18(14-16-8-3-1-4-9-16)15-17-10-5-2-6-11-17/h1-6,8-11,18H,7,12-15,19H2. The third kappa shape index (κ3) is 4.88. The minimum absolute atomic E-state index is 0.688. The van der Waals surface area contributed by atoms with Crippen molar-refractivity contribution in [1.82, 2.24) is 0 Å². The molecule has 0 fully saturated rings. The molecule has 2 N–H and O–H groups in total. The maximum atomic E-state index is 5.66. The molecule has 0 unspecified atom stereocenters. The molecule has 0 heterocycles. The number of benzene rings is 2. The molecule has 19 heavy (non-hydrogen) atoms. The monoisotopic (exact) mass is 253 g/mol. The van der Waals surface area contributed by atoms with Crippen LogP contribution in [-0.2, 0) is 12.8 Å². The normalized spacial score (nSPS) is 10.8. The van der Waals surface area contributed by atoms with Crippen LogP contribution in [0.15, 0.2) is 60.7 Å². The van der Waals surface area contributed by atoms with E-state index in [9.17, 15) is 0 Å². The van der Waals surface area contributed by atoms with Crippen molar-refractivity contribution < 1.29 is 0 Å². The highest BCUT2D eigenvalue weighted by molar-refractivity contribution is 5.18. The van der Waals surface area contributed by atoms with Gasteiger partial charge >= 0.3 is 0 Å². The highest BCUT2D eigenvalue weighted by Gasteiger charge is 2.10. The third-order valence-corrected chi connectivity index (χ3v) is 3.55. The van der Waals surface area contributed by atoms with Gasteiger partial charge in [-0.1, -0.05) is 60.7 Å². The van der Waals surface area contributed by atoms with Gasteiger partial charge in [-0.2, -0.15) is 0 Å². The number of nitrogens with two attached hydrogens (primary N) is 1. The van der Waals surface area contributed by atoms with Crippen molar-refractivity contribution in [3.05, 3.63) is 71.8 Å². The van der Waals surface area contributed by atoms with Gasteiger partial charge < -0.3 is 5.73 Å². The van der Waals surface area contributed by atoms with Crippen molar-refractivity contribution in [2.24, 2.45) is 11.7 Å². The van der Waals surface area contributed by atoms with Gasteiger partial charge in [0.15, 0.2) is 0 Å². The first-order valence-corrected chi connectivity index (χ1v) is 7.16. The Morgan fingerprint density at radius 3 is 1.63 bits per heavy atom. The van der Waals surface area contributed by atoms with E-state index < -0.39 is 0 Å². The van der Waals surface area contributed by atoms with E-state index in [2.05, 4.69) is 60.7 Å². The maximum Gasteiger partial charge on any atom is -0.00772 e. The first-order valence-electron chi connectivity index (χ1n) is 7.16. The summed E-state index contributed by atoms with van der Waals surface area (Å²) in [4.78, 5) is 0. The molecule has 0 aliphatic heterocycles. The second-order valence-corrected chi connectivity index (χ2v) is 5.18. The minimum Gasteiger partial charge on any atom is -0.330 e. The van der Waals surface area contributed by atoms with E-state index in [1.807, 2.05) is 0 Å². The Hall–Kier alpha value is -1.60. The van der Waals surface area contributed by atoms with Crippen molar-refractivity contribution >= 4 is 0 Å². The minimum atomic E-state index is 0.688. The molecule has 0 radical (unpaired) electrons. The number of hydrogen-bond donors (Lipinski definition) is 1. The Morgan fingerprint density at radius 1 is 0.737 bits per heavy atom. The summed E-state index contributed by atoms with van der Waals surface area (Å²) in [5.41, 5.74) is 8.53. The van der Waals surface area contributed by atoms with E-state index in [1.165, 1.54) is 17.5 Å². The lowest BCUT2D eigenvalue weighted by Crippen LogP contribution is -2.11. The zero-order chi connectivity index (χ0) is 13.3. The fourth-order valence-corrected chi connectivity index (χ4v) is 2.58. The molecule has 0 bridgehead atoms. The second kappa shape index (κ2) is 7.75. The second-order valence-electron chi connectivity index (χ2n) is 5.18. The van der Waals surface area contributed by atoms with Gasteiger partial charge in [0.1, 0.15) is 0 Å². The fraction of sp³-hybridized carbons (Fsp3) is 0.333. The van der Waals surface area contributed by atoms with Gasteiger partial charge in [-0.25, -0.2) is 0 Å². The van der Waals surface area contributed by atoms with Crippen LogP contribution in [0.1, 0.15) is 24.0 Å². The van der Waals surface area contributed by atoms with Crippen LogP contribution in [0.3, 0.4) is 0 Å². The maximum absolute atomic E-state index is 5.66. The third-order valence-electron chi connectivity index (χ3n) is 3.55. The van der Waals surface area contributed by atoms with E-state index in [4.69, 9.17) is 5.73 Å². The number of rotatable bonds is 7. The van der Waals surface area contributed by atoms with E-state index in [1.54, 1.807) is 0 Å². The number of hydrogen-bond acceptors (Lipinski definition) is 1. The van der Waals surface area contributed by atoms with Crippen LogP contribution in [0.2, 0.25) is 0 Å². The van der Waals surface area contributed by atoms with Gasteiger partial charge in [0.25, 0.3) is 0 Å². The first-order chi connectivity index (χ1) is 9.38. The average molecular weight is 253 g/mol. The Kier molecular flexibility index (Phi) is 5.64. The van der Waals surface area contributed by atoms with Gasteiger partial charge in [-0.05, 0) is 49.3 Å². The van der Waals surface area contributed by atoms with Crippen LogP contribution in [0, 0.1) is 5.92 Å². The summed E-state index contributed by atoms with van der Waals surface area (Å²) >= 11 is 0. The molecule has 1 heteroatoms. The molecular formula is C18H23N. The summed E-state index contributed by atoms with van der Waals surface area (Å²) in [5.74, 6) is 0.688. The summed E-state index contributed by atoms with van der Waals surface area (Å²) in [6, 6.07) is 21.5. The molecule has 100 valence electrons. The van der Waals surface area contributed by atoms with Gasteiger partial charge in [-0.15, -0.1) is 0 Å². The van der Waals surface area contributed by atoms with Crippen molar-refractivity contribution in [1.29, 1.82) is 0 Å². The lowest BCUT2D eigenvalue weighted by Gasteiger charge is -2.17. The Bertz CT molecular complexity index is 408. The average Bonchev–Trinajstić information content (AvgIpc) is 2.47. The molecule has 0 aliphatic rings. The topological polar surface area (TPSA) is 26.0 Å². The molecule has 1 nitrogen and oxygen atoms in total. The van der Waals surface area contributed by atoms with Gasteiger partial charge in [0.05, 0.1) is 0 Å². The van der Waals surface area contributed by atoms with Crippen molar-refractivity contribution in [2.75, 3.05) is 6.54 Å². The van der Waals surface area contributed by atoms with Crippen molar-refractivity contribution in [3.63, 3.8) is 0 Å². The predicted molar refractivity (Wildman–Crippen MR) is 82.1 cm³/mol. The van der Waals surface area contributed by atoms with E-state index in [0.29, 0.717) is 5.92 Å². The van der Waals surface area contributed by atoms with Crippen LogP contribution in [-0.4, -0.2) is 6.54 Å². The highest BCUT2D eigenvalue weighted by Crippen LogP contribution is 2.19. The van der Waals surface area contributed by atoms with Crippen LogP contribution in [0.5, 0.6) is 0 Å². The molecule has 2 aromatic carbocycles. The molecule has 0 saturated carbocycles. The van der Waals surface area contributed by atoms with E-state index in [0.717, 1.165) is 25.8 Å². The summed E-state index contributed by atoms with van der Waals surface area (Å²) in [6.07, 6.45) is 4.62. The molecule has 2 rings (SSSR count). The Morgan fingerprint density at radius 2 is 1.21 bits per heavy atom. The smallest absolute Gasteiger partial charge is 0.00772 e. The summed E-state index contributed by atoms with van der Waals surface area (Å²) in [5, 5.41) is 0. The summed E-state index contributed by atoms with van der Waals surface area (Å²) in [7, 11) is 0. The van der Waals surface area contributed by atoms with Crippen molar-refractivity contribution in [2.45, 2.75) is 25.7 Å². The highest BCUT2D eigenvalue weighted by atomic mass is 14.5. The lowest BCUT2D eigenvalue weighted by molar-refractivity contribution is 0.466. The Balaban J connectivity index is 1.99. The fourth-order valence-electron chi connectivity index (χ4n) is 2.58. The van der Waals surface area contributed by atoms with Gasteiger partial charge in [-0.3, -0.25) is 0 Å². The zero-order valence-corrected chi connectivity index (χ0v) is 11.5. The summed E-state index contributed by atoms with van der Waals surface area (Å²) in [6.45, 7) is 0.792. The molecule has 0 amide bonds. The predicted octanol–water partition coefficient (Wildman–Crippen LogP) is 3.83. The van der Waals surface area contributed by atoms with Gasteiger partial charge in [0.2, 0.25) is 0 Å². The molecule has 0 spiro atoms. The van der Waals surface area contributed by atoms with Gasteiger partial charge in [0, 0.05) is 0 Å². The molecule has 0 aliphatic carbocycles. The van der Waals surface area contributed by atoms with E-state index in [-0.39, 0.29) is 0 Å². The quantitative estimate of drug-likeness (QED) is 0.797. The van der Waals surface area contributed by atoms with Crippen LogP contribution < -0.4 is 5.73 Å². The van der Waals surface area contributed by atoms with Crippen molar-refractivity contribution in [3.8, 4) is 0 Å². The summed E-state index contributed by atoms with van der Waals surface area (Å²) < 4.78 is 0. The van der Waals surface area contributed by atoms with E-state index >= 15 is 0 Å². The molecule has 2 aromatic rings. The lowest BCUT2D eigenvalue weighted by atomic mass is 9.89. The van der Waals surface area contributed by atoms with Crippen LogP contribution in [0.25, 0.3) is 0 Å². The molecular weight excluding hydrogens is 230 g/mol. The largest absolute Gasteiger partial charge is 0.330 e. The first kappa shape index (κ1) is 13.8. The molecule has 0 atom stereocenters. The molecule has 0 aromatic heterocycles.